The second kappa shape index (κ2) is 11.4. The Morgan fingerprint density at radius 2 is 1.58 bits per heavy atom. The number of methoxy groups -OCH3 is 4. The molecule has 33 heavy (non-hydrogen) atoms. The highest BCUT2D eigenvalue weighted by atomic mass is 32.2. The van der Waals surface area contributed by atoms with Gasteiger partial charge in [0.1, 0.15) is 23.4 Å². The number of nitrogens with one attached hydrogen (secondary N) is 1. The van der Waals surface area contributed by atoms with Crippen molar-refractivity contribution in [3.05, 3.63) is 47.7 Å². The molecule has 0 aliphatic rings. The van der Waals surface area contributed by atoms with Gasteiger partial charge < -0.3 is 28.8 Å². The number of sulfonamides is 1. The highest BCUT2D eigenvalue weighted by molar-refractivity contribution is 7.88. The first-order valence-corrected chi connectivity index (χ1v) is 11.3. The molecule has 0 radical (unpaired) electrons. The van der Waals surface area contributed by atoms with Gasteiger partial charge in [-0.15, -0.1) is 0 Å². The predicted octanol–water partition coefficient (Wildman–Crippen LogP) is 2.10. The van der Waals surface area contributed by atoms with Gasteiger partial charge >= 0.3 is 5.97 Å². The third kappa shape index (κ3) is 7.02. The molecule has 0 bridgehead atoms. The molecule has 0 spiro atoms. The van der Waals surface area contributed by atoms with Gasteiger partial charge in [-0.1, -0.05) is 6.07 Å². The number of ether oxygens (including phenoxy) is 5. The largest absolute Gasteiger partial charge is 0.496 e. The monoisotopic (exact) mass is 481 g/mol. The molecular weight excluding hydrogens is 454 g/mol. The molecule has 0 amide bonds. The maximum atomic E-state index is 12.6. The van der Waals surface area contributed by atoms with Crippen molar-refractivity contribution in [2.45, 2.75) is 18.8 Å². The van der Waals surface area contributed by atoms with Crippen LogP contribution in [0.15, 0.2) is 36.5 Å². The van der Waals surface area contributed by atoms with Crippen LogP contribution >= 0.6 is 0 Å². The lowest BCUT2D eigenvalue weighted by molar-refractivity contribution is -0.142. The van der Waals surface area contributed by atoms with Crippen molar-refractivity contribution in [2.75, 3.05) is 28.4 Å². The number of hydrogen-bond acceptors (Lipinski definition) is 9. The van der Waals surface area contributed by atoms with E-state index < -0.39 is 27.8 Å². The Morgan fingerprint density at radius 1 is 0.970 bits per heavy atom. The lowest BCUT2D eigenvalue weighted by atomic mass is 10.1. The molecule has 0 fully saturated rings. The van der Waals surface area contributed by atoms with Crippen molar-refractivity contribution >= 4 is 22.1 Å². The van der Waals surface area contributed by atoms with Crippen LogP contribution in [0.4, 0.5) is 0 Å². The highest BCUT2D eigenvalue weighted by Crippen LogP contribution is 2.35. The standard InChI is InChI=1S/C22H27NO9S/c1-14(24)22(25)32-21-10-15(6-7-18(21)29-3)13-33(26,27)23-9-8-17-19(30-4)11-16(28-2)12-20(17)31-5/h6-12,14,23-24H,13H2,1-5H3. The Bertz CT molecular complexity index is 1090. The Kier molecular flexibility index (Phi) is 8.94. The molecule has 2 aromatic rings. The van der Waals surface area contributed by atoms with E-state index in [9.17, 15) is 18.3 Å². The van der Waals surface area contributed by atoms with Gasteiger partial charge in [0.25, 0.3) is 0 Å². The molecule has 0 heterocycles. The fourth-order valence-corrected chi connectivity index (χ4v) is 3.74. The van der Waals surface area contributed by atoms with Crippen molar-refractivity contribution in [3.63, 3.8) is 0 Å². The predicted molar refractivity (Wildman–Crippen MR) is 121 cm³/mol. The first kappa shape index (κ1) is 25.8. The number of esters is 1. The number of carbonyl (C=O) groups is 1. The van der Waals surface area contributed by atoms with Crippen molar-refractivity contribution in [3.8, 4) is 28.7 Å². The maximum absolute atomic E-state index is 12.6. The van der Waals surface area contributed by atoms with E-state index in [-0.39, 0.29) is 11.5 Å². The van der Waals surface area contributed by atoms with Crippen LogP contribution in [-0.4, -0.2) is 54.0 Å². The summed E-state index contributed by atoms with van der Waals surface area (Å²) in [7, 11) is 2.02. The molecule has 11 heteroatoms. The smallest absolute Gasteiger partial charge is 0.340 e. The second-order valence-corrected chi connectivity index (χ2v) is 8.49. The number of benzene rings is 2. The molecule has 1 unspecified atom stereocenters. The molecule has 1 atom stereocenters. The zero-order valence-electron chi connectivity index (χ0n) is 18.9. The van der Waals surface area contributed by atoms with Gasteiger partial charge in [-0.3, -0.25) is 4.72 Å². The minimum absolute atomic E-state index is 0.000604. The molecule has 0 saturated heterocycles. The molecule has 0 saturated carbocycles. The number of aliphatic hydroxyl groups excluding tert-OH is 1. The van der Waals surface area contributed by atoms with Gasteiger partial charge in [0.15, 0.2) is 11.5 Å². The van der Waals surface area contributed by atoms with Crippen molar-refractivity contribution in [1.82, 2.24) is 4.72 Å². The molecule has 2 aromatic carbocycles. The van der Waals surface area contributed by atoms with Crippen molar-refractivity contribution in [1.29, 1.82) is 0 Å². The van der Waals surface area contributed by atoms with Crippen molar-refractivity contribution in [2.24, 2.45) is 0 Å². The summed E-state index contributed by atoms with van der Waals surface area (Å²) in [5.74, 6) is 0.306. The Hall–Kier alpha value is -3.44. The average Bonchev–Trinajstić information content (AvgIpc) is 2.78. The Morgan fingerprint density at radius 3 is 2.09 bits per heavy atom. The van der Waals surface area contributed by atoms with Crippen LogP contribution in [0.25, 0.3) is 6.08 Å². The zero-order chi connectivity index (χ0) is 24.6. The molecular formula is C22H27NO9S. The molecule has 180 valence electrons. The quantitative estimate of drug-likeness (QED) is 0.366. The first-order valence-electron chi connectivity index (χ1n) is 9.67. The minimum Gasteiger partial charge on any atom is -0.496 e. The first-order chi connectivity index (χ1) is 15.6. The summed E-state index contributed by atoms with van der Waals surface area (Å²) in [6.45, 7) is 1.26. The third-order valence-corrected chi connectivity index (χ3v) is 5.60. The summed E-state index contributed by atoms with van der Waals surface area (Å²) in [6.07, 6.45) is 1.40. The fraction of sp³-hybridized carbons (Fsp3) is 0.318. The van der Waals surface area contributed by atoms with Crippen LogP contribution < -0.4 is 28.4 Å². The van der Waals surface area contributed by atoms with E-state index in [1.165, 1.54) is 65.8 Å². The number of rotatable bonds is 11. The van der Waals surface area contributed by atoms with Crippen molar-refractivity contribution < 1.29 is 42.0 Å². The maximum Gasteiger partial charge on any atom is 0.340 e. The minimum atomic E-state index is -3.81. The molecule has 2 N–H and O–H groups in total. The molecule has 0 aromatic heterocycles. The van der Waals surface area contributed by atoms with Crippen LogP contribution in [0.3, 0.4) is 0 Å². The van der Waals surface area contributed by atoms with E-state index in [2.05, 4.69) is 4.72 Å². The van der Waals surface area contributed by atoms with Crippen LogP contribution in [0.2, 0.25) is 0 Å². The molecule has 10 nitrogen and oxygen atoms in total. The average molecular weight is 482 g/mol. The lowest BCUT2D eigenvalue weighted by Gasteiger charge is -2.13. The normalized spacial score (nSPS) is 12.2. The van der Waals surface area contributed by atoms with Gasteiger partial charge in [0, 0.05) is 18.3 Å². The van der Waals surface area contributed by atoms with Gasteiger partial charge in [-0.05, 0) is 30.7 Å². The van der Waals surface area contributed by atoms with Gasteiger partial charge in [0.2, 0.25) is 10.0 Å². The van der Waals surface area contributed by atoms with Crippen LogP contribution in [0, 0.1) is 0 Å². The van der Waals surface area contributed by atoms with E-state index in [4.69, 9.17) is 23.7 Å². The van der Waals surface area contributed by atoms with Gasteiger partial charge in [-0.2, -0.15) is 0 Å². The summed E-state index contributed by atoms with van der Waals surface area (Å²) in [5.41, 5.74) is 0.852. The second-order valence-electron chi connectivity index (χ2n) is 6.74. The number of aliphatic hydroxyl groups is 1. The molecule has 0 aliphatic carbocycles. The summed E-state index contributed by atoms with van der Waals surface area (Å²) in [4.78, 5) is 11.7. The van der Waals surface area contributed by atoms with E-state index in [1.54, 1.807) is 12.1 Å². The number of carbonyl (C=O) groups excluding carboxylic acids is 1. The van der Waals surface area contributed by atoms with E-state index in [0.717, 1.165) is 0 Å². The van der Waals surface area contributed by atoms with Gasteiger partial charge in [0.05, 0.1) is 39.8 Å². The Labute approximate surface area is 192 Å². The van der Waals surface area contributed by atoms with E-state index >= 15 is 0 Å². The van der Waals surface area contributed by atoms with Gasteiger partial charge in [-0.25, -0.2) is 13.2 Å². The number of hydrogen-bond donors (Lipinski definition) is 2. The summed E-state index contributed by atoms with van der Waals surface area (Å²) in [5, 5.41) is 9.34. The fourth-order valence-electron chi connectivity index (χ4n) is 2.76. The summed E-state index contributed by atoms with van der Waals surface area (Å²) < 4.78 is 53.6. The van der Waals surface area contributed by atoms with E-state index in [1.807, 2.05) is 0 Å². The Balaban J connectivity index is 2.21. The van der Waals surface area contributed by atoms with E-state index in [0.29, 0.717) is 28.4 Å². The SMILES string of the molecule is COc1cc(OC)c(C=CNS(=O)(=O)Cc2ccc(OC)c(OC(=O)C(C)O)c2)c(OC)c1. The highest BCUT2D eigenvalue weighted by Gasteiger charge is 2.18. The summed E-state index contributed by atoms with van der Waals surface area (Å²) in [6, 6.07) is 7.64. The zero-order valence-corrected chi connectivity index (χ0v) is 19.8. The van der Waals surface area contributed by atoms with Crippen LogP contribution in [0.1, 0.15) is 18.1 Å². The summed E-state index contributed by atoms with van der Waals surface area (Å²) >= 11 is 0. The van der Waals surface area contributed by atoms with Crippen LogP contribution in [0.5, 0.6) is 28.7 Å². The molecule has 0 aliphatic heterocycles. The third-order valence-electron chi connectivity index (χ3n) is 4.39. The van der Waals surface area contributed by atoms with Crippen LogP contribution in [-0.2, 0) is 20.6 Å². The lowest BCUT2D eigenvalue weighted by Crippen LogP contribution is -2.22. The topological polar surface area (TPSA) is 130 Å². The molecule has 2 rings (SSSR count).